The number of aliphatic hydroxyl groups is 6. The molecule has 0 radical (unpaired) electrons. The van der Waals surface area contributed by atoms with E-state index in [4.69, 9.17) is 29.0 Å². The van der Waals surface area contributed by atoms with Gasteiger partial charge in [-0.25, -0.2) is 4.31 Å². The SMILES string of the molecule is CC(C)(c1ccccc1)c1ccc(OC(c2ccc(C(C)(C)c3ccccc3)cc2C(C)(C)c2ccccc2)C(CO)(CO)CO)c(C(C)(C)c2ccccc2)c1.Cc1cc(C(C)(C)C)c(OCC(CO)(CO)CO)c(C(C)(C)C)c1.OP(O)OP(O)O. The van der Waals surface area contributed by atoms with E-state index in [0.717, 1.165) is 55.8 Å². The molecule has 10 N–H and O–H groups in total. The maximum atomic E-state index is 11.2. The third-order valence-electron chi connectivity index (χ3n) is 17.4. The highest BCUT2D eigenvalue weighted by Crippen LogP contribution is 2.50. The Morgan fingerprint density at radius 3 is 1.05 bits per heavy atom. The number of aryl methyl sites for hydroxylation is 1. The summed E-state index contributed by atoms with van der Waals surface area (Å²) >= 11 is 0. The lowest BCUT2D eigenvalue weighted by Gasteiger charge is -2.41. The van der Waals surface area contributed by atoms with Crippen LogP contribution in [0.1, 0.15) is 170 Å². The average molecular weight is 1250 g/mol. The summed E-state index contributed by atoms with van der Waals surface area (Å²) in [7, 11) is -5.22. The van der Waals surface area contributed by atoms with Crippen LogP contribution in [0, 0.1) is 17.8 Å². The summed E-state index contributed by atoms with van der Waals surface area (Å²) in [6.07, 6.45) is -0.942. The molecule has 0 aliphatic carbocycles. The van der Waals surface area contributed by atoms with Crippen LogP contribution >= 0.6 is 17.2 Å². The van der Waals surface area contributed by atoms with E-state index in [1.54, 1.807) is 0 Å². The zero-order chi connectivity index (χ0) is 65.7. The smallest absolute Gasteiger partial charge is 0.334 e. The fourth-order valence-electron chi connectivity index (χ4n) is 11.0. The van der Waals surface area contributed by atoms with Crippen molar-refractivity contribution in [3.63, 3.8) is 0 Å². The lowest BCUT2D eigenvalue weighted by molar-refractivity contribution is -0.0751. The molecule has 0 saturated carbocycles. The summed E-state index contributed by atoms with van der Waals surface area (Å²) in [4.78, 5) is 31.3. The molecule has 0 heterocycles. The molecule has 7 aromatic carbocycles. The summed E-state index contributed by atoms with van der Waals surface area (Å²) in [6, 6.07) is 59.0. The first-order valence-corrected chi connectivity index (χ1v) is 32.2. The van der Waals surface area contributed by atoms with Gasteiger partial charge in [-0.05, 0) is 68.3 Å². The zero-order valence-corrected chi connectivity index (χ0v) is 56.1. The largest absolute Gasteiger partial charge is 0.492 e. The first-order valence-electron chi connectivity index (χ1n) is 29.8. The highest BCUT2D eigenvalue weighted by molar-refractivity contribution is 7.53. The normalized spacial score (nSPS) is 13.1. The molecule has 1 unspecified atom stereocenters. The van der Waals surface area contributed by atoms with Crippen molar-refractivity contribution in [2.24, 2.45) is 10.8 Å². The van der Waals surface area contributed by atoms with Gasteiger partial charge in [0.25, 0.3) is 0 Å². The van der Waals surface area contributed by atoms with Gasteiger partial charge < -0.3 is 59.7 Å². The van der Waals surface area contributed by atoms with Crippen molar-refractivity contribution in [2.45, 2.75) is 142 Å². The van der Waals surface area contributed by atoms with Gasteiger partial charge in [0.05, 0.1) is 50.5 Å². The van der Waals surface area contributed by atoms with E-state index in [2.05, 4.69) is 248 Å². The highest BCUT2D eigenvalue weighted by Gasteiger charge is 2.45. The Bertz CT molecular complexity index is 3200. The van der Waals surface area contributed by atoms with Gasteiger partial charge in [-0.15, -0.1) is 0 Å². The van der Waals surface area contributed by atoms with Gasteiger partial charge in [-0.1, -0.05) is 266 Å². The molecular weight excluding hydrogens is 1150 g/mol. The quantitative estimate of drug-likeness (QED) is 0.0269. The van der Waals surface area contributed by atoms with Gasteiger partial charge in [0, 0.05) is 38.4 Å². The molecule has 0 aliphatic heterocycles. The molecule has 7 rings (SSSR count). The summed E-state index contributed by atoms with van der Waals surface area (Å²) < 4.78 is 17.1. The Morgan fingerprint density at radius 1 is 0.375 bits per heavy atom. The molecule has 0 spiro atoms. The second kappa shape index (κ2) is 30.6. The third-order valence-corrected chi connectivity index (χ3v) is 18.5. The first-order chi connectivity index (χ1) is 41.2. The Kier molecular flexibility index (Phi) is 25.5. The van der Waals surface area contributed by atoms with E-state index < -0.39 is 64.8 Å². The lowest BCUT2D eigenvalue weighted by atomic mass is 9.68. The number of hydrogen-bond donors (Lipinski definition) is 10. The maximum Gasteiger partial charge on any atom is 0.334 e. The van der Waals surface area contributed by atoms with Crippen LogP contribution in [0.4, 0.5) is 0 Å². The number of ether oxygens (including phenoxy) is 2. The van der Waals surface area contributed by atoms with Gasteiger partial charge in [0.1, 0.15) is 24.2 Å². The molecule has 88 heavy (non-hydrogen) atoms. The third kappa shape index (κ3) is 17.5. The number of rotatable bonds is 23. The molecule has 0 saturated heterocycles. The minimum Gasteiger partial charge on any atom is -0.492 e. The lowest BCUT2D eigenvalue weighted by Crippen LogP contribution is -2.44. The van der Waals surface area contributed by atoms with Crippen molar-refractivity contribution in [3.05, 3.63) is 237 Å². The molecule has 13 nitrogen and oxygen atoms in total. The summed E-state index contributed by atoms with van der Waals surface area (Å²) in [5, 5.41) is 62.3. The fourth-order valence-corrected chi connectivity index (χ4v) is 11.5. The summed E-state index contributed by atoms with van der Waals surface area (Å²) in [6.45, 7) is 30.3. The first kappa shape index (κ1) is 73.3. The van der Waals surface area contributed by atoms with Crippen LogP contribution in [0.2, 0.25) is 0 Å². The van der Waals surface area contributed by atoms with Crippen LogP contribution < -0.4 is 9.47 Å². The van der Waals surface area contributed by atoms with Crippen LogP contribution in [0.15, 0.2) is 170 Å². The average Bonchev–Trinajstić information content (AvgIpc) is 1.81. The van der Waals surface area contributed by atoms with Crippen molar-refractivity contribution >= 4 is 17.2 Å². The van der Waals surface area contributed by atoms with Gasteiger partial charge in [-0.2, -0.15) is 0 Å². The Hall–Kier alpha value is -5.44. The predicted octanol–water partition coefficient (Wildman–Crippen LogP) is 13.4. The molecular formula is C73H98O13P2. The summed E-state index contributed by atoms with van der Waals surface area (Å²) in [5.74, 6) is 1.42. The van der Waals surface area contributed by atoms with Crippen LogP contribution in [-0.2, 0) is 36.8 Å². The van der Waals surface area contributed by atoms with Gasteiger partial charge in [0.2, 0.25) is 0 Å². The second-order valence-electron chi connectivity index (χ2n) is 27.4. The number of hydrogen-bond acceptors (Lipinski definition) is 13. The van der Waals surface area contributed by atoms with E-state index in [-0.39, 0.29) is 48.1 Å². The minimum absolute atomic E-state index is 0.0612. The van der Waals surface area contributed by atoms with Gasteiger partial charge in [-0.3, -0.25) is 0 Å². The topological polar surface area (TPSA) is 230 Å². The van der Waals surface area contributed by atoms with Crippen LogP contribution in [0.25, 0.3) is 0 Å². The van der Waals surface area contributed by atoms with Crippen LogP contribution in [-0.4, -0.2) is 96.5 Å². The van der Waals surface area contributed by atoms with E-state index in [1.165, 1.54) is 16.7 Å². The highest BCUT2D eigenvalue weighted by atomic mass is 31.2. The molecule has 478 valence electrons. The van der Waals surface area contributed by atoms with Gasteiger partial charge >= 0.3 is 17.2 Å². The Balaban J connectivity index is 0.000000376. The van der Waals surface area contributed by atoms with Crippen molar-refractivity contribution in [3.8, 4) is 11.5 Å². The van der Waals surface area contributed by atoms with Crippen LogP contribution in [0.3, 0.4) is 0 Å². The molecule has 0 aliphatic rings. The maximum absolute atomic E-state index is 11.2. The van der Waals surface area contributed by atoms with E-state index in [9.17, 15) is 30.6 Å². The van der Waals surface area contributed by atoms with Crippen molar-refractivity contribution in [1.29, 1.82) is 0 Å². The molecule has 7 aromatic rings. The zero-order valence-electron chi connectivity index (χ0n) is 54.3. The van der Waals surface area contributed by atoms with Crippen molar-refractivity contribution in [1.82, 2.24) is 0 Å². The monoisotopic (exact) mass is 1240 g/mol. The minimum atomic E-state index is -2.61. The van der Waals surface area contributed by atoms with E-state index in [1.807, 2.05) is 30.3 Å². The van der Waals surface area contributed by atoms with E-state index >= 15 is 0 Å². The summed E-state index contributed by atoms with van der Waals surface area (Å²) in [5.41, 5.74) is 8.58. The van der Waals surface area contributed by atoms with Crippen LogP contribution in [0.5, 0.6) is 11.5 Å². The Morgan fingerprint density at radius 2 is 0.716 bits per heavy atom. The standard InChI is InChI=1S/C53H60O4.C20H34O4.H4O5P2/c1-49(2,38-21-13-9-14-22-38)42-29-31-44(45(33-42)51(5,6)40-25-17-11-18-26-40)48(53(35-54,36-55)37-56)57-47-32-30-43(50(3,4)39-23-15-10-16-24-39)34-46(47)52(7,8)41-27-19-12-20-28-41;1-14-8-15(18(2,3)4)17(16(9-14)19(5,6)7)24-13-20(10-21,11-22)12-23;1-6(2)5-7(3)4/h9-34,48,54-56H,35-37H2,1-8H3;8-9,21-23H,10-13H2,1-7H3;1-4H. The molecule has 0 aromatic heterocycles. The van der Waals surface area contributed by atoms with E-state index in [0.29, 0.717) is 5.75 Å². The number of aliphatic hydroxyl groups excluding tert-OH is 6. The molecule has 1 atom stereocenters. The molecule has 0 amide bonds. The number of benzene rings is 7. The molecule has 0 fully saturated rings. The Labute approximate surface area is 526 Å². The molecule has 15 heteroatoms. The van der Waals surface area contributed by atoms with Gasteiger partial charge in [0.15, 0.2) is 0 Å². The second-order valence-corrected chi connectivity index (χ2v) is 29.0. The van der Waals surface area contributed by atoms with Crippen molar-refractivity contribution < 1.29 is 64.0 Å². The predicted molar refractivity (Wildman–Crippen MR) is 356 cm³/mol. The van der Waals surface area contributed by atoms with Crippen molar-refractivity contribution in [2.75, 3.05) is 46.2 Å². The molecule has 0 bridgehead atoms. The fraction of sp³-hybridized carbons (Fsp3) is 0.425.